The number of hydrogen-bond donors (Lipinski definition) is 1. The van der Waals surface area contributed by atoms with E-state index < -0.39 is 25.9 Å². The molecule has 1 heterocycles. The van der Waals surface area contributed by atoms with Gasteiger partial charge < -0.3 is 10.1 Å². The van der Waals surface area contributed by atoms with Crippen LogP contribution in [0.5, 0.6) is 0 Å². The zero-order valence-corrected chi connectivity index (χ0v) is 9.99. The van der Waals surface area contributed by atoms with Gasteiger partial charge in [-0.05, 0) is 12.9 Å². The fourth-order valence-corrected chi connectivity index (χ4v) is 1.74. The van der Waals surface area contributed by atoms with E-state index in [1.165, 1.54) is 6.20 Å². The standard InChI is InChI=1S/C13H13ClN2O2/c1-2-18-8-12(17)16-11-7-15-10-6-4-3-5-9(10)13(11)14/h3-7H,2,8H2,1H3,(H,16,17)/i1D3,2D2. The van der Waals surface area contributed by atoms with Crippen LogP contribution in [-0.2, 0) is 9.53 Å². The van der Waals surface area contributed by atoms with E-state index in [0.717, 1.165) is 0 Å². The predicted molar refractivity (Wildman–Crippen MR) is 71.9 cm³/mol. The van der Waals surface area contributed by atoms with E-state index in [-0.39, 0.29) is 10.7 Å². The number of nitrogens with zero attached hydrogens (tertiary/aromatic N) is 1. The first-order chi connectivity index (χ1) is 10.6. The van der Waals surface area contributed by atoms with Crippen LogP contribution in [0.15, 0.2) is 30.5 Å². The van der Waals surface area contributed by atoms with Gasteiger partial charge in [0.2, 0.25) is 5.91 Å². The Bertz CT molecular complexity index is 736. The van der Waals surface area contributed by atoms with Crippen LogP contribution in [0.3, 0.4) is 0 Å². The molecular weight excluding hydrogens is 252 g/mol. The maximum Gasteiger partial charge on any atom is 0.250 e. The van der Waals surface area contributed by atoms with Crippen molar-refractivity contribution < 1.29 is 16.4 Å². The number of para-hydroxylation sites is 1. The molecule has 0 fully saturated rings. The second-order valence-corrected chi connectivity index (χ2v) is 3.82. The van der Waals surface area contributed by atoms with Crippen molar-refractivity contribution in [2.45, 2.75) is 6.85 Å². The van der Waals surface area contributed by atoms with E-state index in [1.807, 2.05) is 0 Å². The van der Waals surface area contributed by atoms with Crippen molar-refractivity contribution in [1.82, 2.24) is 4.98 Å². The molecule has 1 aromatic heterocycles. The second kappa shape index (κ2) is 5.80. The first kappa shape index (κ1) is 7.71. The quantitative estimate of drug-likeness (QED) is 0.929. The van der Waals surface area contributed by atoms with Crippen LogP contribution >= 0.6 is 11.6 Å². The van der Waals surface area contributed by atoms with Crippen LogP contribution in [0, 0.1) is 0 Å². The highest BCUT2D eigenvalue weighted by Crippen LogP contribution is 2.28. The third-order valence-electron chi connectivity index (χ3n) is 2.26. The van der Waals surface area contributed by atoms with Gasteiger partial charge in [0, 0.05) is 16.1 Å². The molecule has 0 aliphatic rings. The molecule has 1 amide bonds. The molecule has 1 aromatic carbocycles. The van der Waals surface area contributed by atoms with Gasteiger partial charge in [-0.25, -0.2) is 0 Å². The number of pyridine rings is 1. The first-order valence-corrected chi connectivity index (χ1v) is 5.47. The summed E-state index contributed by atoms with van der Waals surface area (Å²) >= 11 is 6.19. The lowest BCUT2D eigenvalue weighted by molar-refractivity contribution is -0.120. The summed E-state index contributed by atoms with van der Waals surface area (Å²) in [6, 6.07) is 7.08. The molecule has 0 aliphatic heterocycles. The summed E-state index contributed by atoms with van der Waals surface area (Å²) in [4.78, 5) is 15.9. The molecule has 0 unspecified atom stereocenters. The Hall–Kier alpha value is -1.65. The molecule has 0 spiro atoms. The van der Waals surface area contributed by atoms with Crippen molar-refractivity contribution >= 4 is 34.1 Å². The normalized spacial score (nSPS) is 16.2. The molecule has 0 atom stereocenters. The van der Waals surface area contributed by atoms with Gasteiger partial charge >= 0.3 is 0 Å². The fourth-order valence-electron chi connectivity index (χ4n) is 1.48. The highest BCUT2D eigenvalue weighted by molar-refractivity contribution is 6.38. The number of carbonyl (C=O) groups is 1. The van der Waals surface area contributed by atoms with Gasteiger partial charge in [0.05, 0.1) is 25.2 Å². The molecular formula is C13H13ClN2O2. The highest BCUT2D eigenvalue weighted by Gasteiger charge is 2.09. The molecule has 5 heteroatoms. The highest BCUT2D eigenvalue weighted by atomic mass is 35.5. The lowest BCUT2D eigenvalue weighted by Gasteiger charge is -2.08. The van der Waals surface area contributed by atoms with E-state index in [2.05, 4.69) is 15.0 Å². The Labute approximate surface area is 117 Å². The number of nitrogens with one attached hydrogen (secondary N) is 1. The summed E-state index contributed by atoms with van der Waals surface area (Å²) in [7, 11) is 0. The van der Waals surface area contributed by atoms with Crippen molar-refractivity contribution in [2.75, 3.05) is 18.5 Å². The van der Waals surface area contributed by atoms with Crippen LogP contribution in [0.1, 0.15) is 13.7 Å². The van der Waals surface area contributed by atoms with Crippen molar-refractivity contribution in [3.63, 3.8) is 0 Å². The minimum absolute atomic E-state index is 0.230. The largest absolute Gasteiger partial charge is 0.372 e. The molecule has 0 saturated carbocycles. The van der Waals surface area contributed by atoms with Gasteiger partial charge in [0.15, 0.2) is 0 Å². The summed E-state index contributed by atoms with van der Waals surface area (Å²) in [5.41, 5.74) is 0.888. The molecule has 4 nitrogen and oxygen atoms in total. The van der Waals surface area contributed by atoms with Gasteiger partial charge in [-0.3, -0.25) is 9.78 Å². The number of fused-ring (bicyclic) bond motifs is 1. The van der Waals surface area contributed by atoms with Gasteiger partial charge in [0.25, 0.3) is 0 Å². The number of anilines is 1. The summed E-state index contributed by atoms with van der Waals surface area (Å²) in [5.74, 6) is -0.739. The Balaban J connectivity index is 2.08. The Morgan fingerprint density at radius 2 is 2.44 bits per heavy atom. The number of rotatable bonds is 4. The minimum Gasteiger partial charge on any atom is -0.372 e. The van der Waals surface area contributed by atoms with Gasteiger partial charge in [0.1, 0.15) is 6.61 Å². The summed E-state index contributed by atoms with van der Waals surface area (Å²) in [5, 5.41) is 3.34. The Morgan fingerprint density at radius 3 is 3.28 bits per heavy atom. The van der Waals surface area contributed by atoms with E-state index >= 15 is 0 Å². The first-order valence-electron chi connectivity index (χ1n) is 7.59. The van der Waals surface area contributed by atoms with E-state index in [9.17, 15) is 4.79 Å². The van der Waals surface area contributed by atoms with Crippen LogP contribution in [-0.4, -0.2) is 24.1 Å². The average Bonchev–Trinajstić information content (AvgIpc) is 2.47. The Kier molecular flexibility index (Phi) is 2.48. The van der Waals surface area contributed by atoms with E-state index in [4.69, 9.17) is 18.5 Å². The molecule has 0 radical (unpaired) electrons. The number of ether oxygens (including phenoxy) is 1. The van der Waals surface area contributed by atoms with Crippen molar-refractivity contribution in [3.8, 4) is 0 Å². The molecule has 94 valence electrons. The van der Waals surface area contributed by atoms with Gasteiger partial charge in [-0.2, -0.15) is 0 Å². The summed E-state index contributed by atoms with van der Waals surface area (Å²) < 4.78 is 40.1. The second-order valence-electron chi connectivity index (χ2n) is 3.44. The smallest absolute Gasteiger partial charge is 0.250 e. The Morgan fingerprint density at radius 1 is 1.61 bits per heavy atom. The lowest BCUT2D eigenvalue weighted by Crippen LogP contribution is -2.18. The van der Waals surface area contributed by atoms with Crippen LogP contribution in [0.2, 0.25) is 5.02 Å². The number of benzene rings is 1. The maximum atomic E-state index is 11.8. The lowest BCUT2D eigenvalue weighted by atomic mass is 10.2. The van der Waals surface area contributed by atoms with Gasteiger partial charge in [-0.15, -0.1) is 0 Å². The molecule has 1 N–H and O–H groups in total. The van der Waals surface area contributed by atoms with Crippen molar-refractivity contribution in [1.29, 1.82) is 0 Å². The fraction of sp³-hybridized carbons (Fsp3) is 0.231. The zero-order chi connectivity index (χ0) is 17.3. The zero-order valence-electron chi connectivity index (χ0n) is 14.2. The molecule has 0 aliphatic carbocycles. The summed E-state index contributed by atoms with van der Waals surface area (Å²) in [6.07, 6.45) is 1.36. The topological polar surface area (TPSA) is 51.2 Å². The summed E-state index contributed by atoms with van der Waals surface area (Å²) in [6.45, 7) is -6.68. The predicted octanol–water partition coefficient (Wildman–Crippen LogP) is 2.86. The third kappa shape index (κ3) is 2.78. The van der Waals surface area contributed by atoms with Crippen molar-refractivity contribution in [2.24, 2.45) is 0 Å². The van der Waals surface area contributed by atoms with E-state index in [1.54, 1.807) is 24.3 Å². The third-order valence-corrected chi connectivity index (χ3v) is 2.67. The van der Waals surface area contributed by atoms with Crippen LogP contribution in [0.25, 0.3) is 10.9 Å². The van der Waals surface area contributed by atoms with Gasteiger partial charge in [-0.1, -0.05) is 29.8 Å². The number of halogens is 1. The minimum atomic E-state index is -2.99. The number of amides is 1. The SMILES string of the molecule is [2H]C([2H])([2H])C([2H])([2H])OCC(=O)Nc1cnc2ccccc2c1Cl. The molecule has 2 aromatic rings. The number of carbonyl (C=O) groups excluding carboxylic acids is 1. The van der Waals surface area contributed by atoms with Crippen LogP contribution < -0.4 is 5.32 Å². The molecule has 0 bridgehead atoms. The number of aromatic nitrogens is 1. The average molecular weight is 270 g/mol. The van der Waals surface area contributed by atoms with Crippen molar-refractivity contribution in [3.05, 3.63) is 35.5 Å². The maximum absolute atomic E-state index is 11.8. The number of hydrogen-bond acceptors (Lipinski definition) is 3. The van der Waals surface area contributed by atoms with E-state index in [0.29, 0.717) is 10.9 Å². The van der Waals surface area contributed by atoms with Crippen LogP contribution in [0.4, 0.5) is 5.69 Å². The molecule has 0 saturated heterocycles. The molecule has 2 rings (SSSR count). The monoisotopic (exact) mass is 269 g/mol. The molecule has 18 heavy (non-hydrogen) atoms.